The van der Waals surface area contributed by atoms with Gasteiger partial charge in [-0.1, -0.05) is 24.3 Å². The molecule has 5 rings (SSSR count). The normalized spacial score (nSPS) is 19.5. The maximum Gasteiger partial charge on any atom is 0.226 e. The van der Waals surface area contributed by atoms with E-state index in [1.807, 2.05) is 29.2 Å². The van der Waals surface area contributed by atoms with Crippen LogP contribution in [0.15, 0.2) is 48.9 Å². The first-order valence-corrected chi connectivity index (χ1v) is 9.55. The van der Waals surface area contributed by atoms with Crippen molar-refractivity contribution < 1.29 is 9.53 Å². The molecule has 2 aliphatic rings. The van der Waals surface area contributed by atoms with Crippen molar-refractivity contribution in [3.63, 3.8) is 0 Å². The maximum absolute atomic E-state index is 12.5. The van der Waals surface area contributed by atoms with Gasteiger partial charge in [0, 0.05) is 42.3 Å². The van der Waals surface area contributed by atoms with Crippen molar-refractivity contribution in [3.05, 3.63) is 71.2 Å². The third-order valence-corrected chi connectivity index (χ3v) is 5.44. The largest absolute Gasteiger partial charge is 0.487 e. The van der Waals surface area contributed by atoms with Crippen LogP contribution in [0.2, 0.25) is 0 Å². The average Bonchev–Trinajstić information content (AvgIpc) is 3.20. The van der Waals surface area contributed by atoms with E-state index in [1.165, 1.54) is 5.56 Å². The number of rotatable bonds is 3. The lowest BCUT2D eigenvalue weighted by molar-refractivity contribution is -0.116. The first-order chi connectivity index (χ1) is 13.5. The number of carbonyl (C=O) groups is 1. The molecule has 1 atom stereocenters. The Morgan fingerprint density at radius 2 is 2.11 bits per heavy atom. The van der Waals surface area contributed by atoms with Gasteiger partial charge in [-0.25, -0.2) is 4.68 Å². The number of pyridine rings is 1. The van der Waals surface area contributed by atoms with Crippen LogP contribution in [0.1, 0.15) is 48.4 Å². The van der Waals surface area contributed by atoms with E-state index in [4.69, 9.17) is 4.74 Å². The zero-order chi connectivity index (χ0) is 19.3. The van der Waals surface area contributed by atoms with Gasteiger partial charge in [0.05, 0.1) is 12.7 Å². The Morgan fingerprint density at radius 3 is 2.93 bits per heavy atom. The molecule has 3 aromatic rings. The third-order valence-electron chi connectivity index (χ3n) is 5.44. The molecule has 0 fully saturated rings. The van der Waals surface area contributed by atoms with Crippen molar-refractivity contribution in [3.8, 4) is 5.75 Å². The van der Waals surface area contributed by atoms with Crippen LogP contribution in [0.5, 0.6) is 5.75 Å². The van der Waals surface area contributed by atoms with Crippen LogP contribution in [0.3, 0.4) is 0 Å². The molecule has 1 N–H and O–H groups in total. The molecule has 0 saturated heterocycles. The molecule has 2 aromatic heterocycles. The van der Waals surface area contributed by atoms with Gasteiger partial charge in [0.25, 0.3) is 0 Å². The second kappa shape index (κ2) is 6.19. The number of anilines is 1. The maximum atomic E-state index is 12.5. The van der Waals surface area contributed by atoms with E-state index in [2.05, 4.69) is 47.4 Å². The molecule has 0 bridgehead atoms. The first-order valence-electron chi connectivity index (χ1n) is 9.55. The van der Waals surface area contributed by atoms with Crippen LogP contribution >= 0.6 is 0 Å². The first kappa shape index (κ1) is 17.0. The lowest BCUT2D eigenvalue weighted by atomic mass is 9.85. The second-order valence-electron chi connectivity index (χ2n) is 8.15. The number of hydrogen-bond donors (Lipinski definition) is 1. The van der Waals surface area contributed by atoms with E-state index >= 15 is 0 Å². The summed E-state index contributed by atoms with van der Waals surface area (Å²) in [6, 6.07) is 10.2. The number of benzene rings is 1. The number of ether oxygens (including phenoxy) is 1. The van der Waals surface area contributed by atoms with Gasteiger partial charge in [0.2, 0.25) is 5.91 Å². The standard InChI is InChI=1S/C22H22N4O2/c1-22(2)10-15-6-3-7-16(20(15)28-22)17-9-19(27)25-21-18(17)12-24-26(21)13-14-5-4-8-23-11-14/h3-8,11-12,17H,9-10,13H2,1-2H3,(H,25,27)/t17-/m0/s1. The molecule has 28 heavy (non-hydrogen) atoms. The summed E-state index contributed by atoms with van der Waals surface area (Å²) in [6.45, 7) is 4.76. The van der Waals surface area contributed by atoms with Crippen molar-refractivity contribution >= 4 is 11.7 Å². The number of carbonyl (C=O) groups excluding carboxylic acids is 1. The topological polar surface area (TPSA) is 69.0 Å². The van der Waals surface area contributed by atoms with Crippen LogP contribution in [0.4, 0.5) is 5.82 Å². The number of fused-ring (bicyclic) bond motifs is 2. The van der Waals surface area contributed by atoms with Crippen LogP contribution in [0.25, 0.3) is 0 Å². The zero-order valence-electron chi connectivity index (χ0n) is 16.0. The summed E-state index contributed by atoms with van der Waals surface area (Å²) in [5.41, 5.74) is 4.13. The minimum Gasteiger partial charge on any atom is -0.487 e. The lowest BCUT2D eigenvalue weighted by Crippen LogP contribution is -2.26. The second-order valence-corrected chi connectivity index (χ2v) is 8.15. The van der Waals surface area contributed by atoms with Gasteiger partial charge in [-0.05, 0) is 31.0 Å². The molecule has 0 radical (unpaired) electrons. The predicted molar refractivity (Wildman–Crippen MR) is 106 cm³/mol. The van der Waals surface area contributed by atoms with Gasteiger partial charge in [0.1, 0.15) is 17.2 Å². The van der Waals surface area contributed by atoms with E-state index in [-0.39, 0.29) is 17.4 Å². The van der Waals surface area contributed by atoms with E-state index in [1.54, 1.807) is 6.20 Å². The van der Waals surface area contributed by atoms with Gasteiger partial charge in [-0.15, -0.1) is 0 Å². The van der Waals surface area contributed by atoms with Gasteiger partial charge in [0.15, 0.2) is 0 Å². The molecule has 142 valence electrons. The fraction of sp³-hybridized carbons (Fsp3) is 0.318. The minimum atomic E-state index is -0.220. The van der Waals surface area contributed by atoms with E-state index in [0.717, 1.165) is 34.7 Å². The van der Waals surface area contributed by atoms with E-state index in [9.17, 15) is 4.79 Å². The Labute approximate surface area is 163 Å². The summed E-state index contributed by atoms with van der Waals surface area (Å²) in [7, 11) is 0. The fourth-order valence-electron chi connectivity index (χ4n) is 4.25. The van der Waals surface area contributed by atoms with Gasteiger partial charge < -0.3 is 10.1 Å². The Hall–Kier alpha value is -3.15. The van der Waals surface area contributed by atoms with Crippen molar-refractivity contribution in [2.45, 2.75) is 44.8 Å². The van der Waals surface area contributed by atoms with Crippen molar-refractivity contribution in [2.75, 3.05) is 5.32 Å². The smallest absolute Gasteiger partial charge is 0.226 e. The van der Waals surface area contributed by atoms with Crippen LogP contribution in [0, 0.1) is 0 Å². The highest BCUT2D eigenvalue weighted by atomic mass is 16.5. The summed E-state index contributed by atoms with van der Waals surface area (Å²) in [5.74, 6) is 1.63. The molecule has 1 amide bonds. The molecule has 6 nitrogen and oxygen atoms in total. The Balaban J connectivity index is 1.55. The number of nitrogens with one attached hydrogen (secondary N) is 1. The highest BCUT2D eigenvalue weighted by Crippen LogP contribution is 2.46. The molecular formula is C22H22N4O2. The van der Waals surface area contributed by atoms with E-state index < -0.39 is 0 Å². The summed E-state index contributed by atoms with van der Waals surface area (Å²) < 4.78 is 8.10. The number of amides is 1. The number of nitrogens with zero attached hydrogens (tertiary/aromatic N) is 3. The summed E-state index contributed by atoms with van der Waals surface area (Å²) in [4.78, 5) is 16.7. The average molecular weight is 374 g/mol. The molecular weight excluding hydrogens is 352 g/mol. The highest BCUT2D eigenvalue weighted by Gasteiger charge is 2.37. The molecule has 0 saturated carbocycles. The Morgan fingerprint density at radius 1 is 1.21 bits per heavy atom. The molecule has 0 spiro atoms. The van der Waals surface area contributed by atoms with Gasteiger partial charge >= 0.3 is 0 Å². The highest BCUT2D eigenvalue weighted by molar-refractivity contribution is 5.94. The summed E-state index contributed by atoms with van der Waals surface area (Å²) in [5, 5.41) is 7.57. The summed E-state index contributed by atoms with van der Waals surface area (Å²) >= 11 is 0. The van der Waals surface area contributed by atoms with Crippen LogP contribution < -0.4 is 10.1 Å². The van der Waals surface area contributed by atoms with Crippen molar-refractivity contribution in [1.29, 1.82) is 0 Å². The molecule has 2 aliphatic heterocycles. The fourth-order valence-corrected chi connectivity index (χ4v) is 4.25. The molecule has 0 unspecified atom stereocenters. The third kappa shape index (κ3) is 2.85. The monoisotopic (exact) mass is 374 g/mol. The van der Waals surface area contributed by atoms with E-state index in [0.29, 0.717) is 13.0 Å². The lowest BCUT2D eigenvalue weighted by Gasteiger charge is -2.26. The SMILES string of the molecule is CC1(C)Cc2cccc([C@@H]3CC(=O)Nc4c3cnn4Cc3cccnc3)c2O1. The molecule has 0 aliphatic carbocycles. The van der Waals surface area contributed by atoms with Gasteiger partial charge in [-0.2, -0.15) is 5.10 Å². The zero-order valence-corrected chi connectivity index (χ0v) is 16.0. The predicted octanol–water partition coefficient (Wildman–Crippen LogP) is 3.51. The number of para-hydroxylation sites is 1. The Kier molecular flexibility index (Phi) is 3.75. The molecule has 4 heterocycles. The van der Waals surface area contributed by atoms with Gasteiger partial charge in [-0.3, -0.25) is 9.78 Å². The molecule has 6 heteroatoms. The number of aromatic nitrogens is 3. The van der Waals surface area contributed by atoms with Crippen LogP contribution in [-0.4, -0.2) is 26.3 Å². The van der Waals surface area contributed by atoms with Crippen molar-refractivity contribution in [2.24, 2.45) is 0 Å². The van der Waals surface area contributed by atoms with Crippen LogP contribution in [-0.2, 0) is 17.8 Å². The summed E-state index contributed by atoms with van der Waals surface area (Å²) in [6.07, 6.45) is 6.71. The molecule has 1 aromatic carbocycles. The quantitative estimate of drug-likeness (QED) is 0.762. The Bertz CT molecular complexity index is 1060. The van der Waals surface area contributed by atoms with Crippen molar-refractivity contribution in [1.82, 2.24) is 14.8 Å². The minimum absolute atomic E-state index is 0.000275. The number of hydrogen-bond acceptors (Lipinski definition) is 4.